The highest BCUT2D eigenvalue weighted by molar-refractivity contribution is 5.79. The van der Waals surface area contributed by atoms with Gasteiger partial charge in [-0.05, 0) is 19.9 Å². The fraction of sp³-hybridized carbons (Fsp3) is 0.250. The van der Waals surface area contributed by atoms with E-state index in [-0.39, 0.29) is 10.9 Å². The number of fused-ring (bicyclic) bond motifs is 1. The Kier molecular flexibility index (Phi) is 2.96. The molecule has 0 aliphatic heterocycles. The molecule has 1 aromatic carbocycles. The first kappa shape index (κ1) is 13.9. The third kappa shape index (κ3) is 1.89. The van der Waals surface area contributed by atoms with E-state index in [1.165, 1.54) is 0 Å². The summed E-state index contributed by atoms with van der Waals surface area (Å²) >= 11 is 0. The highest BCUT2D eigenvalue weighted by atomic mass is 19.2. The van der Waals surface area contributed by atoms with E-state index in [4.69, 9.17) is 5.11 Å². The maximum atomic E-state index is 13.2. The molecule has 0 radical (unpaired) electrons. The molecule has 106 valence electrons. The topological polar surface area (TPSA) is 92.2 Å². The minimum absolute atomic E-state index is 0.198. The van der Waals surface area contributed by atoms with Gasteiger partial charge in [-0.3, -0.25) is 4.79 Å². The van der Waals surface area contributed by atoms with Gasteiger partial charge in [0.2, 0.25) is 0 Å². The third-order valence-corrected chi connectivity index (χ3v) is 3.02. The van der Waals surface area contributed by atoms with Crippen LogP contribution in [0.1, 0.15) is 13.8 Å². The van der Waals surface area contributed by atoms with Crippen molar-refractivity contribution in [2.75, 3.05) is 0 Å². The molecule has 2 rings (SSSR count). The van der Waals surface area contributed by atoms with Crippen molar-refractivity contribution in [1.29, 1.82) is 0 Å². The first-order chi connectivity index (χ1) is 9.16. The van der Waals surface area contributed by atoms with Crippen LogP contribution in [0.4, 0.5) is 8.78 Å². The van der Waals surface area contributed by atoms with Crippen molar-refractivity contribution in [3.63, 3.8) is 0 Å². The number of benzene rings is 1. The van der Waals surface area contributed by atoms with Crippen LogP contribution in [0.2, 0.25) is 0 Å². The summed E-state index contributed by atoms with van der Waals surface area (Å²) < 4.78 is 26.7. The molecular formula is C12H10F2N2O4. The van der Waals surface area contributed by atoms with E-state index in [2.05, 4.69) is 4.98 Å². The number of aromatic nitrogens is 2. The Balaban J connectivity index is 2.97. The molecule has 2 aromatic rings. The Hall–Kier alpha value is -2.51. The average molecular weight is 284 g/mol. The number of carbonyl (C=O) groups is 1. The van der Waals surface area contributed by atoms with E-state index < -0.39 is 34.4 Å². The smallest absolute Gasteiger partial charge is 0.329 e. The third-order valence-electron chi connectivity index (χ3n) is 3.02. The average Bonchev–Trinajstić information content (AvgIpc) is 2.31. The lowest BCUT2D eigenvalue weighted by Crippen LogP contribution is -2.50. The highest BCUT2D eigenvalue weighted by Gasteiger charge is 2.33. The molecular weight excluding hydrogens is 274 g/mol. The van der Waals surface area contributed by atoms with Crippen LogP contribution in [0.5, 0.6) is 0 Å². The van der Waals surface area contributed by atoms with Crippen LogP contribution in [0, 0.1) is 11.6 Å². The second-order valence-corrected chi connectivity index (χ2v) is 4.75. The number of rotatable bonds is 2. The fourth-order valence-corrected chi connectivity index (χ4v) is 1.81. The van der Waals surface area contributed by atoms with Gasteiger partial charge in [0, 0.05) is 6.07 Å². The molecule has 0 aliphatic rings. The Labute approximate surface area is 110 Å². The predicted octanol–water partition coefficient (Wildman–Crippen LogP) is 0.788. The van der Waals surface area contributed by atoms with Gasteiger partial charge >= 0.3 is 11.7 Å². The van der Waals surface area contributed by atoms with Crippen LogP contribution in [-0.2, 0) is 10.3 Å². The molecule has 1 aromatic heterocycles. The molecule has 0 fully saturated rings. The fourth-order valence-electron chi connectivity index (χ4n) is 1.81. The lowest BCUT2D eigenvalue weighted by molar-refractivity contribution is -0.146. The van der Waals surface area contributed by atoms with Gasteiger partial charge in [-0.15, -0.1) is 0 Å². The van der Waals surface area contributed by atoms with Crippen molar-refractivity contribution in [2.45, 2.75) is 19.4 Å². The minimum Gasteiger partial charge on any atom is -0.480 e. The van der Waals surface area contributed by atoms with Gasteiger partial charge in [0.25, 0.3) is 5.56 Å². The number of aromatic amines is 1. The van der Waals surface area contributed by atoms with E-state index >= 15 is 0 Å². The monoisotopic (exact) mass is 284 g/mol. The molecule has 0 unspecified atom stereocenters. The van der Waals surface area contributed by atoms with Crippen LogP contribution >= 0.6 is 0 Å². The van der Waals surface area contributed by atoms with Crippen molar-refractivity contribution < 1.29 is 18.7 Å². The molecule has 0 saturated carbocycles. The Morgan fingerprint density at radius 2 is 1.80 bits per heavy atom. The summed E-state index contributed by atoms with van der Waals surface area (Å²) in [6.07, 6.45) is 0. The minimum atomic E-state index is -1.83. The number of hydrogen-bond donors (Lipinski definition) is 2. The lowest BCUT2D eigenvalue weighted by atomic mass is 10.1. The Morgan fingerprint density at radius 1 is 1.25 bits per heavy atom. The van der Waals surface area contributed by atoms with Crippen LogP contribution in [0.25, 0.3) is 10.9 Å². The number of carboxylic acid groups (broad SMARTS) is 1. The summed E-state index contributed by atoms with van der Waals surface area (Å²) in [6.45, 7) is 2.30. The van der Waals surface area contributed by atoms with Gasteiger partial charge in [0.15, 0.2) is 11.6 Å². The van der Waals surface area contributed by atoms with E-state index in [1.807, 2.05) is 0 Å². The zero-order valence-corrected chi connectivity index (χ0v) is 10.5. The van der Waals surface area contributed by atoms with Crippen molar-refractivity contribution >= 4 is 16.9 Å². The summed E-state index contributed by atoms with van der Waals surface area (Å²) in [6, 6.07) is 1.29. The van der Waals surface area contributed by atoms with E-state index in [0.29, 0.717) is 16.7 Å². The highest BCUT2D eigenvalue weighted by Crippen LogP contribution is 2.15. The van der Waals surface area contributed by atoms with E-state index in [0.717, 1.165) is 13.8 Å². The second-order valence-electron chi connectivity index (χ2n) is 4.75. The molecule has 20 heavy (non-hydrogen) atoms. The van der Waals surface area contributed by atoms with E-state index in [9.17, 15) is 23.2 Å². The molecule has 0 bridgehead atoms. The zero-order chi connectivity index (χ0) is 15.2. The first-order valence-corrected chi connectivity index (χ1v) is 5.54. The maximum Gasteiger partial charge on any atom is 0.329 e. The molecule has 6 nitrogen and oxygen atoms in total. The quantitative estimate of drug-likeness (QED) is 0.852. The molecule has 0 aliphatic carbocycles. The Bertz CT molecular complexity index is 836. The van der Waals surface area contributed by atoms with Crippen molar-refractivity contribution in [1.82, 2.24) is 9.55 Å². The molecule has 0 saturated heterocycles. The normalized spacial score (nSPS) is 11.8. The van der Waals surface area contributed by atoms with Gasteiger partial charge in [-0.1, -0.05) is 0 Å². The molecule has 0 amide bonds. The maximum absolute atomic E-state index is 13.2. The number of nitrogens with one attached hydrogen (secondary N) is 1. The molecule has 2 N–H and O–H groups in total. The largest absolute Gasteiger partial charge is 0.480 e. The van der Waals surface area contributed by atoms with Crippen LogP contribution < -0.4 is 11.2 Å². The SMILES string of the molecule is CC(C)(C(=O)O)n1c(=O)[nH]c2cc(F)c(F)cc2c1=O. The zero-order valence-electron chi connectivity index (χ0n) is 10.5. The van der Waals surface area contributed by atoms with E-state index in [1.54, 1.807) is 0 Å². The number of aliphatic carboxylic acids is 1. The van der Waals surface area contributed by atoms with Crippen LogP contribution in [-0.4, -0.2) is 20.6 Å². The van der Waals surface area contributed by atoms with Crippen molar-refractivity contribution in [3.05, 3.63) is 44.6 Å². The number of H-pyrrole nitrogens is 1. The Morgan fingerprint density at radius 3 is 2.35 bits per heavy atom. The molecule has 0 spiro atoms. The van der Waals surface area contributed by atoms with Gasteiger partial charge < -0.3 is 10.1 Å². The molecule has 0 atom stereocenters. The predicted molar refractivity (Wildman–Crippen MR) is 65.7 cm³/mol. The number of halogens is 2. The summed E-state index contributed by atoms with van der Waals surface area (Å²) in [5.74, 6) is -3.89. The van der Waals surface area contributed by atoms with Gasteiger partial charge in [-0.2, -0.15) is 0 Å². The second kappa shape index (κ2) is 4.26. The summed E-state index contributed by atoms with van der Waals surface area (Å²) in [5, 5.41) is 8.76. The van der Waals surface area contributed by atoms with Crippen LogP contribution in [0.15, 0.2) is 21.7 Å². The summed E-state index contributed by atoms with van der Waals surface area (Å²) in [7, 11) is 0. The lowest BCUT2D eigenvalue weighted by Gasteiger charge is -2.21. The standard InChI is InChI=1S/C12H10F2N2O4/c1-12(2,10(18)19)16-9(17)5-3-6(13)7(14)4-8(5)15-11(16)20/h3-4H,1-2H3,(H,15,20)(H,18,19). The molecule has 8 heteroatoms. The van der Waals surface area contributed by atoms with Gasteiger partial charge in [0.1, 0.15) is 5.54 Å². The first-order valence-electron chi connectivity index (χ1n) is 5.54. The van der Waals surface area contributed by atoms with Gasteiger partial charge in [0.05, 0.1) is 10.9 Å². The molecule has 1 heterocycles. The number of nitrogens with zero attached hydrogens (tertiary/aromatic N) is 1. The summed E-state index contributed by atoms with van der Waals surface area (Å²) in [5.41, 5.74) is -4.05. The van der Waals surface area contributed by atoms with Crippen molar-refractivity contribution in [2.24, 2.45) is 0 Å². The summed E-state index contributed by atoms with van der Waals surface area (Å²) in [4.78, 5) is 37.3. The number of hydrogen-bond acceptors (Lipinski definition) is 3. The van der Waals surface area contributed by atoms with Gasteiger partial charge in [-0.25, -0.2) is 22.9 Å². The number of carboxylic acids is 1. The van der Waals surface area contributed by atoms with Crippen molar-refractivity contribution in [3.8, 4) is 0 Å². The van der Waals surface area contributed by atoms with Crippen LogP contribution in [0.3, 0.4) is 0 Å².